The molecule has 5 nitrogen and oxygen atoms in total. The molecule has 0 aromatic rings. The standard InChI is InChI=1S/C10H19N3O2.2ClH/c1-8(11)13-7-5-3-4-6-10(2,12)9(14)15;;/h3-4H,5-7,12H2,1-2H3,(H2,11,13)(H,14,15);2*1H/b4-3-;;/t10-;;/m0../s1. The molecule has 0 aliphatic heterocycles. The third kappa shape index (κ3) is 11.5. The van der Waals surface area contributed by atoms with Gasteiger partial charge in [-0.1, -0.05) is 12.2 Å². The molecule has 0 fully saturated rings. The van der Waals surface area contributed by atoms with Crippen LogP contribution in [0.5, 0.6) is 0 Å². The van der Waals surface area contributed by atoms with E-state index in [0.717, 1.165) is 6.42 Å². The number of nitrogens with two attached hydrogens (primary N) is 2. The summed E-state index contributed by atoms with van der Waals surface area (Å²) in [5.74, 6) is -0.444. The van der Waals surface area contributed by atoms with Crippen molar-refractivity contribution < 1.29 is 9.90 Å². The Bertz CT molecular complexity index is 275. The molecular weight excluding hydrogens is 265 g/mol. The van der Waals surface area contributed by atoms with Crippen molar-refractivity contribution in [2.45, 2.75) is 32.2 Å². The molecule has 0 spiro atoms. The molecule has 1 atom stereocenters. The van der Waals surface area contributed by atoms with E-state index in [9.17, 15) is 4.79 Å². The van der Waals surface area contributed by atoms with E-state index in [1.165, 1.54) is 6.92 Å². The molecule has 0 aliphatic rings. The van der Waals surface area contributed by atoms with Crippen molar-refractivity contribution in [2.24, 2.45) is 16.5 Å². The molecule has 17 heavy (non-hydrogen) atoms. The Morgan fingerprint density at radius 2 is 1.94 bits per heavy atom. The van der Waals surface area contributed by atoms with Gasteiger partial charge in [-0.25, -0.2) is 0 Å². The van der Waals surface area contributed by atoms with Gasteiger partial charge < -0.3 is 16.6 Å². The van der Waals surface area contributed by atoms with Gasteiger partial charge in [0.05, 0.1) is 5.84 Å². The summed E-state index contributed by atoms with van der Waals surface area (Å²) in [6.07, 6.45) is 4.67. The molecule has 0 heterocycles. The first-order chi connectivity index (χ1) is 6.86. The van der Waals surface area contributed by atoms with E-state index in [0.29, 0.717) is 18.8 Å². The van der Waals surface area contributed by atoms with E-state index < -0.39 is 11.5 Å². The summed E-state index contributed by atoms with van der Waals surface area (Å²) >= 11 is 0. The number of aliphatic carboxylic acids is 1. The van der Waals surface area contributed by atoms with Crippen LogP contribution in [-0.4, -0.2) is 29.0 Å². The maximum atomic E-state index is 10.6. The fourth-order valence-electron chi connectivity index (χ4n) is 0.849. The van der Waals surface area contributed by atoms with Crippen molar-refractivity contribution in [3.05, 3.63) is 12.2 Å². The van der Waals surface area contributed by atoms with Crippen molar-refractivity contribution >= 4 is 36.6 Å². The van der Waals surface area contributed by atoms with Crippen LogP contribution >= 0.6 is 24.8 Å². The third-order valence-corrected chi connectivity index (χ3v) is 1.85. The lowest BCUT2D eigenvalue weighted by molar-refractivity contribution is -0.142. The fraction of sp³-hybridized carbons (Fsp3) is 0.600. The minimum absolute atomic E-state index is 0. The van der Waals surface area contributed by atoms with Gasteiger partial charge in [0.1, 0.15) is 5.54 Å². The molecule has 5 N–H and O–H groups in total. The molecule has 0 amide bonds. The van der Waals surface area contributed by atoms with Crippen LogP contribution in [0.4, 0.5) is 0 Å². The highest BCUT2D eigenvalue weighted by atomic mass is 35.5. The van der Waals surface area contributed by atoms with Gasteiger partial charge in [0.25, 0.3) is 0 Å². The summed E-state index contributed by atoms with van der Waals surface area (Å²) in [4.78, 5) is 14.6. The number of rotatable bonds is 6. The quantitative estimate of drug-likeness (QED) is 0.297. The van der Waals surface area contributed by atoms with E-state index in [2.05, 4.69) is 4.99 Å². The Labute approximate surface area is 114 Å². The molecule has 0 radical (unpaired) electrons. The maximum Gasteiger partial charge on any atom is 0.323 e. The summed E-state index contributed by atoms with van der Waals surface area (Å²) in [6, 6.07) is 0. The molecule has 0 saturated carbocycles. The van der Waals surface area contributed by atoms with Gasteiger partial charge in [0, 0.05) is 6.54 Å². The number of hydrogen-bond acceptors (Lipinski definition) is 3. The van der Waals surface area contributed by atoms with Gasteiger partial charge in [-0.2, -0.15) is 0 Å². The molecule has 0 rings (SSSR count). The number of aliphatic imine (C=N–C) groups is 1. The number of halogens is 2. The molecule has 7 heteroatoms. The van der Waals surface area contributed by atoms with Crippen LogP contribution in [0.3, 0.4) is 0 Å². The monoisotopic (exact) mass is 285 g/mol. The normalized spacial score (nSPS) is 14.6. The van der Waals surface area contributed by atoms with E-state index >= 15 is 0 Å². The number of carboxylic acid groups (broad SMARTS) is 1. The predicted molar refractivity (Wildman–Crippen MR) is 75.3 cm³/mol. The second-order valence-corrected chi connectivity index (χ2v) is 3.71. The molecule has 102 valence electrons. The highest BCUT2D eigenvalue weighted by Crippen LogP contribution is 2.06. The Kier molecular flexibility index (Phi) is 13.1. The van der Waals surface area contributed by atoms with Crippen molar-refractivity contribution in [1.82, 2.24) is 0 Å². The van der Waals surface area contributed by atoms with E-state index in [1.807, 2.05) is 6.08 Å². The van der Waals surface area contributed by atoms with Gasteiger partial charge in [-0.3, -0.25) is 9.79 Å². The summed E-state index contributed by atoms with van der Waals surface area (Å²) < 4.78 is 0. The smallest absolute Gasteiger partial charge is 0.323 e. The van der Waals surface area contributed by atoms with E-state index in [1.54, 1.807) is 13.0 Å². The van der Waals surface area contributed by atoms with Crippen molar-refractivity contribution in [3.63, 3.8) is 0 Å². The van der Waals surface area contributed by atoms with Crippen LogP contribution in [0.2, 0.25) is 0 Å². The minimum Gasteiger partial charge on any atom is -0.480 e. The highest BCUT2D eigenvalue weighted by Gasteiger charge is 2.25. The topological polar surface area (TPSA) is 102 Å². The molecule has 0 unspecified atom stereocenters. The molecule has 0 bridgehead atoms. The number of hydrogen-bond donors (Lipinski definition) is 3. The summed E-state index contributed by atoms with van der Waals surface area (Å²) in [5, 5.41) is 8.72. The Morgan fingerprint density at radius 3 is 2.35 bits per heavy atom. The molecule has 0 aromatic heterocycles. The van der Waals surface area contributed by atoms with Crippen molar-refractivity contribution in [1.29, 1.82) is 0 Å². The zero-order chi connectivity index (χ0) is 11.9. The first-order valence-electron chi connectivity index (χ1n) is 4.80. The van der Waals surface area contributed by atoms with E-state index in [4.69, 9.17) is 16.6 Å². The Balaban J connectivity index is -0.000000980. The Morgan fingerprint density at radius 1 is 1.41 bits per heavy atom. The first kappa shape index (κ1) is 21.5. The number of carboxylic acids is 1. The molecule has 0 aromatic carbocycles. The number of carbonyl (C=O) groups is 1. The molecule has 0 saturated heterocycles. The SMILES string of the molecule is CC(N)=NCC/C=C\C[C@](C)(N)C(=O)O.Cl.Cl. The average molecular weight is 286 g/mol. The average Bonchev–Trinajstić information content (AvgIpc) is 2.10. The van der Waals surface area contributed by atoms with Crippen LogP contribution in [0.15, 0.2) is 17.1 Å². The number of nitrogens with zero attached hydrogens (tertiary/aromatic N) is 1. The summed E-state index contributed by atoms with van der Waals surface area (Å²) in [6.45, 7) is 3.83. The molecule has 0 aliphatic carbocycles. The number of amidine groups is 1. The van der Waals surface area contributed by atoms with Gasteiger partial charge in [0.15, 0.2) is 0 Å². The van der Waals surface area contributed by atoms with Crippen LogP contribution < -0.4 is 11.5 Å². The van der Waals surface area contributed by atoms with Crippen LogP contribution in [0.25, 0.3) is 0 Å². The van der Waals surface area contributed by atoms with Gasteiger partial charge in [-0.05, 0) is 26.7 Å². The second kappa shape index (κ2) is 10.4. The van der Waals surface area contributed by atoms with Crippen LogP contribution in [0.1, 0.15) is 26.7 Å². The highest BCUT2D eigenvalue weighted by molar-refractivity contribution is 5.85. The van der Waals surface area contributed by atoms with Gasteiger partial charge >= 0.3 is 5.97 Å². The van der Waals surface area contributed by atoms with Crippen molar-refractivity contribution in [2.75, 3.05) is 6.54 Å². The van der Waals surface area contributed by atoms with Gasteiger partial charge in [0.2, 0.25) is 0 Å². The minimum atomic E-state index is -1.19. The lowest BCUT2D eigenvalue weighted by Gasteiger charge is -2.15. The zero-order valence-corrected chi connectivity index (χ0v) is 11.7. The zero-order valence-electron chi connectivity index (χ0n) is 10.0. The maximum absolute atomic E-state index is 10.6. The lowest BCUT2D eigenvalue weighted by Crippen LogP contribution is -2.44. The summed E-state index contributed by atoms with van der Waals surface area (Å²) in [5.41, 5.74) is 9.68. The lowest BCUT2D eigenvalue weighted by atomic mass is 9.99. The Hall–Kier alpha value is -0.780. The third-order valence-electron chi connectivity index (χ3n) is 1.85. The van der Waals surface area contributed by atoms with Crippen LogP contribution in [0, 0.1) is 0 Å². The second-order valence-electron chi connectivity index (χ2n) is 3.71. The predicted octanol–water partition coefficient (Wildman–Crippen LogP) is 1.35. The van der Waals surface area contributed by atoms with Crippen LogP contribution in [-0.2, 0) is 4.79 Å². The molecular formula is C10H21Cl2N3O2. The van der Waals surface area contributed by atoms with Crippen molar-refractivity contribution in [3.8, 4) is 0 Å². The fourth-order valence-corrected chi connectivity index (χ4v) is 0.849. The van der Waals surface area contributed by atoms with E-state index in [-0.39, 0.29) is 24.8 Å². The summed E-state index contributed by atoms with van der Waals surface area (Å²) in [7, 11) is 0. The van der Waals surface area contributed by atoms with Gasteiger partial charge in [-0.15, -0.1) is 24.8 Å². The largest absolute Gasteiger partial charge is 0.480 e. The first-order valence-corrected chi connectivity index (χ1v) is 4.80.